The Morgan fingerprint density at radius 3 is 2.46 bits per heavy atom. The lowest BCUT2D eigenvalue weighted by atomic mass is 10.1. The Kier molecular flexibility index (Phi) is 6.45. The van der Waals surface area contributed by atoms with E-state index in [1.165, 1.54) is 6.07 Å². The van der Waals surface area contributed by atoms with E-state index in [-0.39, 0.29) is 17.4 Å². The molecule has 1 atom stereocenters. The molecular formula is C22H26N4O2. The highest BCUT2D eigenvalue weighted by Crippen LogP contribution is 2.13. The number of anilines is 1. The molecule has 1 heterocycles. The molecule has 3 aromatic rings. The Bertz CT molecular complexity index is 937. The molecule has 28 heavy (non-hydrogen) atoms. The van der Waals surface area contributed by atoms with Gasteiger partial charge in [0.15, 0.2) is 0 Å². The zero-order valence-corrected chi connectivity index (χ0v) is 16.2. The molecule has 0 radical (unpaired) electrons. The minimum Gasteiger partial charge on any atom is -0.508 e. The van der Waals surface area contributed by atoms with E-state index in [2.05, 4.69) is 20.2 Å². The molecule has 0 aliphatic carbocycles. The van der Waals surface area contributed by atoms with Crippen LogP contribution in [-0.4, -0.2) is 46.7 Å². The van der Waals surface area contributed by atoms with Crippen LogP contribution >= 0.6 is 0 Å². The summed E-state index contributed by atoms with van der Waals surface area (Å²) in [6.07, 6.45) is 1.46. The standard InChI is InChI=1S/C22H26N4O2/c1-26(2)19(13-17-8-10-20(27)11-9-17)15-23-22-24-18(14-21(28)25-22)12-16-6-4-3-5-7-16/h3-11,14,19,27H,12-13,15H2,1-2H3,(H2,23,24,25,28). The second-order valence-corrected chi connectivity index (χ2v) is 7.12. The quantitative estimate of drug-likeness (QED) is 0.561. The number of hydrogen-bond acceptors (Lipinski definition) is 5. The maximum atomic E-state index is 12.0. The summed E-state index contributed by atoms with van der Waals surface area (Å²) < 4.78 is 0. The lowest BCUT2D eigenvalue weighted by molar-refractivity contribution is 0.303. The third-order valence-electron chi connectivity index (χ3n) is 4.68. The SMILES string of the molecule is CN(C)C(CNc1nc(=O)cc(Cc2ccccc2)[nH]1)Cc1ccc(O)cc1. The van der Waals surface area contributed by atoms with Crippen LogP contribution in [0.25, 0.3) is 0 Å². The van der Waals surface area contributed by atoms with E-state index < -0.39 is 0 Å². The highest BCUT2D eigenvalue weighted by atomic mass is 16.3. The molecule has 0 saturated carbocycles. The van der Waals surface area contributed by atoms with Crippen LogP contribution in [0, 0.1) is 0 Å². The first kappa shape index (κ1) is 19.6. The number of likely N-dealkylation sites (N-methyl/N-ethyl adjacent to an activating group) is 1. The van der Waals surface area contributed by atoms with Crippen molar-refractivity contribution in [2.24, 2.45) is 0 Å². The summed E-state index contributed by atoms with van der Waals surface area (Å²) in [5.74, 6) is 0.747. The van der Waals surface area contributed by atoms with Crippen LogP contribution in [0.2, 0.25) is 0 Å². The number of H-pyrrole nitrogens is 1. The predicted molar refractivity (Wildman–Crippen MR) is 112 cm³/mol. The fourth-order valence-electron chi connectivity index (χ4n) is 3.06. The van der Waals surface area contributed by atoms with Crippen LogP contribution in [0.1, 0.15) is 16.8 Å². The number of nitrogens with one attached hydrogen (secondary N) is 2. The van der Waals surface area contributed by atoms with Gasteiger partial charge in [-0.15, -0.1) is 0 Å². The second kappa shape index (κ2) is 9.19. The van der Waals surface area contributed by atoms with E-state index in [9.17, 15) is 9.90 Å². The molecule has 0 aliphatic rings. The third kappa shape index (κ3) is 5.69. The van der Waals surface area contributed by atoms with Gasteiger partial charge in [-0.05, 0) is 43.8 Å². The zero-order valence-electron chi connectivity index (χ0n) is 16.2. The number of nitrogens with zero attached hydrogens (tertiary/aromatic N) is 2. The van der Waals surface area contributed by atoms with Gasteiger partial charge >= 0.3 is 0 Å². The number of phenols is 1. The first-order valence-electron chi connectivity index (χ1n) is 9.32. The van der Waals surface area contributed by atoms with Gasteiger partial charge in [-0.3, -0.25) is 4.79 Å². The number of aromatic amines is 1. The van der Waals surface area contributed by atoms with Crippen molar-refractivity contribution >= 4 is 5.95 Å². The van der Waals surface area contributed by atoms with Crippen LogP contribution in [0.4, 0.5) is 5.95 Å². The van der Waals surface area contributed by atoms with Gasteiger partial charge < -0.3 is 20.3 Å². The molecule has 0 aliphatic heterocycles. The molecular weight excluding hydrogens is 352 g/mol. The Morgan fingerprint density at radius 2 is 1.79 bits per heavy atom. The van der Waals surface area contributed by atoms with E-state index in [0.717, 1.165) is 23.2 Å². The smallest absolute Gasteiger partial charge is 0.274 e. The monoisotopic (exact) mass is 378 g/mol. The highest BCUT2D eigenvalue weighted by molar-refractivity contribution is 5.30. The first-order chi connectivity index (χ1) is 13.5. The molecule has 0 amide bonds. The Balaban J connectivity index is 1.67. The van der Waals surface area contributed by atoms with Gasteiger partial charge in [-0.25, -0.2) is 0 Å². The molecule has 0 spiro atoms. The van der Waals surface area contributed by atoms with Gasteiger partial charge in [0.25, 0.3) is 5.56 Å². The van der Waals surface area contributed by atoms with E-state index in [4.69, 9.17) is 0 Å². The lowest BCUT2D eigenvalue weighted by Gasteiger charge is -2.25. The van der Waals surface area contributed by atoms with Gasteiger partial charge in [-0.2, -0.15) is 4.98 Å². The summed E-state index contributed by atoms with van der Waals surface area (Å²) in [5.41, 5.74) is 2.84. The molecule has 6 nitrogen and oxygen atoms in total. The Hall–Kier alpha value is -3.12. The van der Waals surface area contributed by atoms with Crippen molar-refractivity contribution in [3.05, 3.63) is 87.8 Å². The average molecular weight is 378 g/mol. The van der Waals surface area contributed by atoms with Crippen LogP contribution < -0.4 is 10.9 Å². The number of aromatic hydroxyl groups is 1. The fourth-order valence-corrected chi connectivity index (χ4v) is 3.06. The minimum absolute atomic E-state index is 0.202. The second-order valence-electron chi connectivity index (χ2n) is 7.12. The van der Waals surface area contributed by atoms with Crippen molar-refractivity contribution in [1.29, 1.82) is 0 Å². The number of rotatable bonds is 8. The molecule has 6 heteroatoms. The Morgan fingerprint density at radius 1 is 1.07 bits per heavy atom. The highest BCUT2D eigenvalue weighted by Gasteiger charge is 2.13. The average Bonchev–Trinajstić information content (AvgIpc) is 2.67. The topological polar surface area (TPSA) is 81.2 Å². The normalized spacial score (nSPS) is 12.1. The lowest BCUT2D eigenvalue weighted by Crippen LogP contribution is -2.37. The summed E-state index contributed by atoms with van der Waals surface area (Å²) in [5, 5.41) is 12.7. The number of aromatic nitrogens is 2. The van der Waals surface area contributed by atoms with Crippen LogP contribution in [0.15, 0.2) is 65.5 Å². The van der Waals surface area contributed by atoms with Crippen molar-refractivity contribution < 1.29 is 5.11 Å². The molecule has 3 rings (SSSR count). The number of benzene rings is 2. The van der Waals surface area contributed by atoms with E-state index in [1.54, 1.807) is 12.1 Å². The summed E-state index contributed by atoms with van der Waals surface area (Å²) in [4.78, 5) is 21.4. The Labute approximate surface area is 164 Å². The number of hydrogen-bond donors (Lipinski definition) is 3. The molecule has 1 unspecified atom stereocenters. The van der Waals surface area contributed by atoms with E-state index in [0.29, 0.717) is 18.9 Å². The largest absolute Gasteiger partial charge is 0.508 e. The van der Waals surface area contributed by atoms with Crippen molar-refractivity contribution in [1.82, 2.24) is 14.9 Å². The molecule has 0 bridgehead atoms. The summed E-state index contributed by atoms with van der Waals surface area (Å²) in [6, 6.07) is 19.0. The molecule has 3 N–H and O–H groups in total. The van der Waals surface area contributed by atoms with Crippen molar-refractivity contribution in [3.8, 4) is 5.75 Å². The summed E-state index contributed by atoms with van der Waals surface area (Å²) in [6.45, 7) is 0.631. The number of phenolic OH excluding ortho intramolecular Hbond substituents is 1. The third-order valence-corrected chi connectivity index (χ3v) is 4.68. The van der Waals surface area contributed by atoms with Gasteiger partial charge in [-0.1, -0.05) is 42.5 Å². The van der Waals surface area contributed by atoms with Crippen molar-refractivity contribution in [2.45, 2.75) is 18.9 Å². The minimum atomic E-state index is -0.257. The molecule has 1 aromatic heterocycles. The first-order valence-corrected chi connectivity index (χ1v) is 9.32. The van der Waals surface area contributed by atoms with Gasteiger partial charge in [0, 0.05) is 30.8 Å². The fraction of sp³-hybridized carbons (Fsp3) is 0.273. The summed E-state index contributed by atoms with van der Waals surface area (Å²) >= 11 is 0. The van der Waals surface area contributed by atoms with Gasteiger partial charge in [0.1, 0.15) is 5.75 Å². The van der Waals surface area contributed by atoms with E-state index in [1.807, 2.05) is 56.6 Å². The predicted octanol–water partition coefficient (Wildman–Crippen LogP) is 2.65. The van der Waals surface area contributed by atoms with Crippen LogP contribution in [-0.2, 0) is 12.8 Å². The van der Waals surface area contributed by atoms with Gasteiger partial charge in [0.2, 0.25) is 5.95 Å². The maximum absolute atomic E-state index is 12.0. The molecule has 146 valence electrons. The van der Waals surface area contributed by atoms with Crippen molar-refractivity contribution in [3.63, 3.8) is 0 Å². The van der Waals surface area contributed by atoms with Crippen LogP contribution in [0.3, 0.4) is 0 Å². The van der Waals surface area contributed by atoms with E-state index >= 15 is 0 Å². The molecule has 2 aromatic carbocycles. The zero-order chi connectivity index (χ0) is 19.9. The maximum Gasteiger partial charge on any atom is 0.274 e. The molecule has 0 saturated heterocycles. The van der Waals surface area contributed by atoms with Gasteiger partial charge in [0.05, 0.1) is 0 Å². The molecule has 0 fully saturated rings. The van der Waals surface area contributed by atoms with Crippen molar-refractivity contribution in [2.75, 3.05) is 26.0 Å². The summed E-state index contributed by atoms with van der Waals surface area (Å²) in [7, 11) is 4.05. The van der Waals surface area contributed by atoms with Crippen LogP contribution in [0.5, 0.6) is 5.75 Å².